The number of benzene rings is 1. The topological polar surface area (TPSA) is 67.4 Å². The zero-order valence-corrected chi connectivity index (χ0v) is 10.7. The largest absolute Gasteiger partial charge is 0.465 e. The van der Waals surface area contributed by atoms with Crippen molar-refractivity contribution in [3.05, 3.63) is 23.8 Å². The molecule has 1 amide bonds. The fraction of sp³-hybridized carbons (Fsp3) is 0.385. The maximum atomic E-state index is 12.0. The summed E-state index contributed by atoms with van der Waals surface area (Å²) < 4.78 is 4.65. The van der Waals surface area contributed by atoms with Gasteiger partial charge in [0.05, 0.1) is 29.5 Å². The Morgan fingerprint density at radius 3 is 2.72 bits per heavy atom. The van der Waals surface area contributed by atoms with Crippen LogP contribution >= 0.6 is 0 Å². The lowest BCUT2D eigenvalue weighted by Gasteiger charge is -2.19. The van der Waals surface area contributed by atoms with E-state index in [2.05, 4.69) is 15.4 Å². The van der Waals surface area contributed by atoms with Gasteiger partial charge in [-0.15, -0.1) is 0 Å². The van der Waals surface area contributed by atoms with Crippen LogP contribution in [0.25, 0.3) is 0 Å². The molecule has 0 saturated carbocycles. The molecule has 5 nitrogen and oxygen atoms in total. The van der Waals surface area contributed by atoms with E-state index >= 15 is 0 Å². The maximum Gasteiger partial charge on any atom is 0.337 e. The Bertz CT molecular complexity index is 509. The number of methoxy groups -OCH3 is 1. The summed E-state index contributed by atoms with van der Waals surface area (Å²) in [5.41, 5.74) is 1.33. The zero-order valence-electron chi connectivity index (χ0n) is 10.7. The molecule has 0 aliphatic carbocycles. The van der Waals surface area contributed by atoms with Crippen molar-refractivity contribution >= 4 is 23.3 Å². The van der Waals surface area contributed by atoms with E-state index in [9.17, 15) is 9.59 Å². The normalized spacial score (nSPS) is 16.9. The molecule has 5 heteroatoms. The summed E-state index contributed by atoms with van der Waals surface area (Å²) in [5.74, 6) is -0.494. The van der Waals surface area contributed by atoms with Crippen molar-refractivity contribution in [3.8, 4) is 0 Å². The number of hydrogen-bond donors (Lipinski definition) is 2. The smallest absolute Gasteiger partial charge is 0.337 e. The van der Waals surface area contributed by atoms with Crippen LogP contribution in [-0.4, -0.2) is 25.5 Å². The van der Waals surface area contributed by atoms with Gasteiger partial charge in [-0.3, -0.25) is 4.79 Å². The van der Waals surface area contributed by atoms with E-state index in [0.717, 1.165) is 5.69 Å². The first-order valence-corrected chi connectivity index (χ1v) is 5.72. The minimum absolute atomic E-state index is 0.0734. The Kier molecular flexibility index (Phi) is 2.98. The molecule has 1 heterocycles. The van der Waals surface area contributed by atoms with Gasteiger partial charge in [0.1, 0.15) is 0 Å². The Balaban J connectivity index is 2.38. The van der Waals surface area contributed by atoms with E-state index in [-0.39, 0.29) is 5.91 Å². The number of anilines is 2. The molecule has 1 aliphatic rings. The Labute approximate surface area is 106 Å². The highest BCUT2D eigenvalue weighted by atomic mass is 16.5. The molecule has 18 heavy (non-hydrogen) atoms. The number of amides is 1. The molecule has 0 saturated heterocycles. The lowest BCUT2D eigenvalue weighted by atomic mass is 9.93. The lowest BCUT2D eigenvalue weighted by Crippen LogP contribution is -2.34. The Hall–Kier alpha value is -2.04. The number of esters is 1. The van der Waals surface area contributed by atoms with Crippen molar-refractivity contribution in [1.82, 2.24) is 0 Å². The van der Waals surface area contributed by atoms with E-state index in [0.29, 0.717) is 17.8 Å². The van der Waals surface area contributed by atoms with Crippen molar-refractivity contribution in [1.29, 1.82) is 0 Å². The van der Waals surface area contributed by atoms with Crippen molar-refractivity contribution in [2.75, 3.05) is 24.3 Å². The first kappa shape index (κ1) is 12.4. The molecule has 96 valence electrons. The van der Waals surface area contributed by atoms with E-state index < -0.39 is 11.4 Å². The summed E-state index contributed by atoms with van der Waals surface area (Å²) in [6, 6.07) is 5.05. The molecular formula is C13H16N2O3. The fourth-order valence-corrected chi connectivity index (χ4v) is 1.73. The SMILES string of the molecule is COC(=O)c1ccc2c(c1)NC(=O)C(C)(C)CN2. The van der Waals surface area contributed by atoms with Crippen LogP contribution in [0.1, 0.15) is 24.2 Å². The van der Waals surface area contributed by atoms with Gasteiger partial charge < -0.3 is 15.4 Å². The van der Waals surface area contributed by atoms with Crippen LogP contribution in [0.3, 0.4) is 0 Å². The number of hydrogen-bond acceptors (Lipinski definition) is 4. The van der Waals surface area contributed by atoms with Crippen molar-refractivity contribution in [2.24, 2.45) is 5.41 Å². The lowest BCUT2D eigenvalue weighted by molar-refractivity contribution is -0.123. The third kappa shape index (κ3) is 2.16. The molecule has 1 aromatic rings. The van der Waals surface area contributed by atoms with Crippen LogP contribution in [0.15, 0.2) is 18.2 Å². The van der Waals surface area contributed by atoms with Gasteiger partial charge in [-0.05, 0) is 32.0 Å². The molecule has 2 rings (SSSR count). The minimum Gasteiger partial charge on any atom is -0.465 e. The number of carbonyl (C=O) groups is 2. The molecular weight excluding hydrogens is 232 g/mol. The molecule has 1 aromatic carbocycles. The molecule has 0 fully saturated rings. The van der Waals surface area contributed by atoms with Crippen LogP contribution in [0.4, 0.5) is 11.4 Å². The number of rotatable bonds is 1. The van der Waals surface area contributed by atoms with E-state index in [1.807, 2.05) is 13.8 Å². The first-order valence-electron chi connectivity index (χ1n) is 5.72. The highest BCUT2D eigenvalue weighted by Gasteiger charge is 2.31. The van der Waals surface area contributed by atoms with Crippen LogP contribution in [0, 0.1) is 5.41 Å². The molecule has 0 bridgehead atoms. The highest BCUT2D eigenvalue weighted by Crippen LogP contribution is 2.30. The van der Waals surface area contributed by atoms with Gasteiger partial charge in [0.15, 0.2) is 0 Å². The maximum absolute atomic E-state index is 12.0. The number of fused-ring (bicyclic) bond motifs is 1. The summed E-state index contributed by atoms with van der Waals surface area (Å²) >= 11 is 0. The third-order valence-corrected chi connectivity index (χ3v) is 3.02. The van der Waals surface area contributed by atoms with Gasteiger partial charge in [0.25, 0.3) is 0 Å². The van der Waals surface area contributed by atoms with Gasteiger partial charge in [-0.2, -0.15) is 0 Å². The molecule has 0 spiro atoms. The van der Waals surface area contributed by atoms with Crippen LogP contribution < -0.4 is 10.6 Å². The van der Waals surface area contributed by atoms with Crippen molar-refractivity contribution in [3.63, 3.8) is 0 Å². The predicted octanol–water partition coefficient (Wildman–Crippen LogP) is 1.86. The summed E-state index contributed by atoms with van der Waals surface area (Å²) in [7, 11) is 1.33. The average molecular weight is 248 g/mol. The third-order valence-electron chi connectivity index (χ3n) is 3.02. The second-order valence-electron chi connectivity index (χ2n) is 4.94. The quantitative estimate of drug-likeness (QED) is 0.744. The number of nitrogens with one attached hydrogen (secondary N) is 2. The van der Waals surface area contributed by atoms with Crippen LogP contribution in [-0.2, 0) is 9.53 Å². The summed E-state index contributed by atoms with van der Waals surface area (Å²) in [6.07, 6.45) is 0. The van der Waals surface area contributed by atoms with Gasteiger partial charge in [-0.25, -0.2) is 4.79 Å². The monoisotopic (exact) mass is 248 g/mol. The molecule has 1 aliphatic heterocycles. The average Bonchev–Trinajstić information content (AvgIpc) is 2.46. The molecule has 0 unspecified atom stereocenters. The van der Waals surface area contributed by atoms with Crippen LogP contribution in [0.2, 0.25) is 0 Å². The van der Waals surface area contributed by atoms with E-state index in [1.165, 1.54) is 7.11 Å². The van der Waals surface area contributed by atoms with E-state index in [4.69, 9.17) is 0 Å². The highest BCUT2D eigenvalue weighted by molar-refractivity contribution is 6.01. The molecule has 0 radical (unpaired) electrons. The minimum atomic E-state index is -0.496. The number of carbonyl (C=O) groups excluding carboxylic acids is 2. The first-order chi connectivity index (χ1) is 8.44. The van der Waals surface area contributed by atoms with Gasteiger partial charge in [0, 0.05) is 6.54 Å². The van der Waals surface area contributed by atoms with Gasteiger partial charge in [-0.1, -0.05) is 0 Å². The fourth-order valence-electron chi connectivity index (χ4n) is 1.73. The zero-order chi connectivity index (χ0) is 13.3. The van der Waals surface area contributed by atoms with Crippen LogP contribution in [0.5, 0.6) is 0 Å². The summed E-state index contributed by atoms with van der Waals surface area (Å²) in [6.45, 7) is 4.27. The number of ether oxygens (including phenoxy) is 1. The van der Waals surface area contributed by atoms with Gasteiger partial charge in [0.2, 0.25) is 5.91 Å². The molecule has 0 aromatic heterocycles. The summed E-state index contributed by atoms with van der Waals surface area (Å²) in [5, 5.41) is 6.02. The van der Waals surface area contributed by atoms with Gasteiger partial charge >= 0.3 is 5.97 Å². The Morgan fingerprint density at radius 2 is 2.06 bits per heavy atom. The standard InChI is InChI=1S/C13H16N2O3/c1-13(2)7-14-9-5-4-8(11(16)18-3)6-10(9)15-12(13)17/h4-6,14H,7H2,1-3H3,(H,15,17). The van der Waals surface area contributed by atoms with E-state index in [1.54, 1.807) is 18.2 Å². The second-order valence-corrected chi connectivity index (χ2v) is 4.94. The summed E-state index contributed by atoms with van der Waals surface area (Å²) in [4.78, 5) is 23.4. The second kappa shape index (κ2) is 4.33. The molecule has 0 atom stereocenters. The van der Waals surface area contributed by atoms with Crippen molar-refractivity contribution in [2.45, 2.75) is 13.8 Å². The predicted molar refractivity (Wildman–Crippen MR) is 68.7 cm³/mol. The molecule has 2 N–H and O–H groups in total. The van der Waals surface area contributed by atoms with Crippen molar-refractivity contribution < 1.29 is 14.3 Å². The Morgan fingerprint density at radius 1 is 1.33 bits per heavy atom.